The van der Waals surface area contributed by atoms with Gasteiger partial charge in [-0.25, -0.2) is 0 Å². The zero-order chi connectivity index (χ0) is 11.3. The van der Waals surface area contributed by atoms with Crippen LogP contribution in [-0.4, -0.2) is 22.6 Å². The van der Waals surface area contributed by atoms with E-state index in [9.17, 15) is 5.11 Å². The molecule has 0 heterocycles. The Hall–Kier alpha value is -1.71. The summed E-state index contributed by atoms with van der Waals surface area (Å²) in [4.78, 5) is 0. The number of hydrogen-bond donors (Lipinski definition) is 2. The summed E-state index contributed by atoms with van der Waals surface area (Å²) >= 11 is 0. The fourth-order valence-electron chi connectivity index (χ4n) is 1.27. The van der Waals surface area contributed by atoms with E-state index in [1.807, 2.05) is 6.92 Å². The molecule has 2 N–H and O–H groups in total. The number of oxime groups is 1. The molecule has 1 aromatic rings. The highest BCUT2D eigenvalue weighted by Crippen LogP contribution is 2.26. The molecule has 0 unspecified atom stereocenters. The maximum atomic E-state index is 9.45. The number of ether oxygens (including phenoxy) is 1. The molecule has 0 aliphatic heterocycles. The molecule has 15 heavy (non-hydrogen) atoms. The Kier molecular flexibility index (Phi) is 3.97. The second kappa shape index (κ2) is 5.24. The summed E-state index contributed by atoms with van der Waals surface area (Å²) in [5, 5.41) is 21.1. The molecule has 0 amide bonds. The SMILES string of the molecule is CCOc1cc(CC(C)=NO)ccc1O. The minimum absolute atomic E-state index is 0.124. The van der Waals surface area contributed by atoms with Crippen LogP contribution in [0.4, 0.5) is 0 Å². The Morgan fingerprint density at radius 3 is 2.80 bits per heavy atom. The molecule has 4 nitrogen and oxygen atoms in total. The summed E-state index contributed by atoms with van der Waals surface area (Å²) in [5.41, 5.74) is 1.55. The van der Waals surface area contributed by atoms with Crippen molar-refractivity contribution in [3.05, 3.63) is 23.8 Å². The first-order chi connectivity index (χ1) is 7.17. The van der Waals surface area contributed by atoms with Gasteiger partial charge in [-0.05, 0) is 31.5 Å². The molecule has 1 rings (SSSR count). The highest BCUT2D eigenvalue weighted by atomic mass is 16.5. The second-order valence-electron chi connectivity index (χ2n) is 3.25. The van der Waals surface area contributed by atoms with E-state index in [-0.39, 0.29) is 5.75 Å². The Balaban J connectivity index is 2.87. The summed E-state index contributed by atoms with van der Waals surface area (Å²) in [6.07, 6.45) is 0.539. The third-order valence-electron chi connectivity index (χ3n) is 1.95. The zero-order valence-corrected chi connectivity index (χ0v) is 8.90. The fraction of sp³-hybridized carbons (Fsp3) is 0.364. The lowest BCUT2D eigenvalue weighted by Crippen LogP contribution is -1.99. The first-order valence-corrected chi connectivity index (χ1v) is 4.79. The third kappa shape index (κ3) is 3.16. The molecule has 0 spiro atoms. The molecule has 0 aliphatic rings. The van der Waals surface area contributed by atoms with Gasteiger partial charge in [0.15, 0.2) is 11.5 Å². The van der Waals surface area contributed by atoms with E-state index in [2.05, 4.69) is 5.16 Å². The summed E-state index contributed by atoms with van der Waals surface area (Å²) in [6, 6.07) is 5.09. The topological polar surface area (TPSA) is 62.0 Å². The van der Waals surface area contributed by atoms with E-state index >= 15 is 0 Å². The molecular weight excluding hydrogens is 194 g/mol. The fourth-order valence-corrected chi connectivity index (χ4v) is 1.27. The summed E-state index contributed by atoms with van der Waals surface area (Å²) in [5.74, 6) is 0.583. The highest BCUT2D eigenvalue weighted by molar-refractivity contribution is 5.83. The minimum Gasteiger partial charge on any atom is -0.504 e. The summed E-state index contributed by atoms with van der Waals surface area (Å²) in [6.45, 7) is 4.09. The van der Waals surface area contributed by atoms with Crippen LogP contribution in [0, 0.1) is 0 Å². The standard InChI is InChI=1S/C11H15NO3/c1-3-15-11-7-9(4-5-10(11)13)6-8(2)12-14/h4-5,7,13-14H,3,6H2,1-2H3. The van der Waals surface area contributed by atoms with Crippen LogP contribution in [0.3, 0.4) is 0 Å². The minimum atomic E-state index is 0.124. The predicted octanol–water partition coefficient (Wildman–Crippen LogP) is 2.18. The molecule has 0 aliphatic carbocycles. The number of nitrogens with zero attached hydrogens (tertiary/aromatic N) is 1. The van der Waals surface area contributed by atoms with Gasteiger partial charge in [0.05, 0.1) is 12.3 Å². The van der Waals surface area contributed by atoms with Gasteiger partial charge in [0, 0.05) is 6.42 Å². The first kappa shape index (κ1) is 11.4. The van der Waals surface area contributed by atoms with Crippen molar-refractivity contribution in [2.24, 2.45) is 5.16 Å². The highest BCUT2D eigenvalue weighted by Gasteiger charge is 2.04. The largest absolute Gasteiger partial charge is 0.504 e. The average molecular weight is 209 g/mol. The summed E-state index contributed by atoms with van der Waals surface area (Å²) in [7, 11) is 0. The summed E-state index contributed by atoms with van der Waals surface area (Å²) < 4.78 is 5.24. The van der Waals surface area contributed by atoms with Crippen molar-refractivity contribution in [2.45, 2.75) is 20.3 Å². The zero-order valence-electron chi connectivity index (χ0n) is 8.90. The lowest BCUT2D eigenvalue weighted by atomic mass is 10.1. The van der Waals surface area contributed by atoms with Gasteiger partial charge in [-0.15, -0.1) is 0 Å². The molecule has 1 aromatic carbocycles. The number of benzene rings is 1. The molecule has 0 atom stereocenters. The average Bonchev–Trinajstić information content (AvgIpc) is 2.23. The molecule has 0 aromatic heterocycles. The Labute approximate surface area is 88.8 Å². The molecule has 0 saturated heterocycles. The Morgan fingerprint density at radius 1 is 1.47 bits per heavy atom. The number of phenols is 1. The van der Waals surface area contributed by atoms with Crippen LogP contribution in [0.1, 0.15) is 19.4 Å². The molecular formula is C11H15NO3. The maximum absolute atomic E-state index is 9.45. The third-order valence-corrected chi connectivity index (χ3v) is 1.95. The molecule has 4 heteroatoms. The van der Waals surface area contributed by atoms with Crippen LogP contribution < -0.4 is 4.74 Å². The van der Waals surface area contributed by atoms with E-state index in [0.717, 1.165) is 5.56 Å². The van der Waals surface area contributed by atoms with Crippen LogP contribution in [0.2, 0.25) is 0 Å². The molecule has 0 fully saturated rings. The van der Waals surface area contributed by atoms with Gasteiger partial charge in [0.1, 0.15) is 0 Å². The van der Waals surface area contributed by atoms with Gasteiger partial charge in [0.25, 0.3) is 0 Å². The second-order valence-corrected chi connectivity index (χ2v) is 3.25. The van der Waals surface area contributed by atoms with E-state index in [1.54, 1.807) is 25.1 Å². The van der Waals surface area contributed by atoms with Gasteiger partial charge in [-0.2, -0.15) is 0 Å². The number of hydrogen-bond acceptors (Lipinski definition) is 4. The molecule has 0 bridgehead atoms. The molecule has 82 valence electrons. The maximum Gasteiger partial charge on any atom is 0.161 e. The predicted molar refractivity (Wildman–Crippen MR) is 57.9 cm³/mol. The van der Waals surface area contributed by atoms with Crippen molar-refractivity contribution < 1.29 is 15.1 Å². The van der Waals surface area contributed by atoms with Crippen LogP contribution in [0.15, 0.2) is 23.4 Å². The van der Waals surface area contributed by atoms with E-state index in [1.165, 1.54) is 0 Å². The Bertz CT molecular complexity index is 361. The van der Waals surface area contributed by atoms with Gasteiger partial charge in [0.2, 0.25) is 0 Å². The first-order valence-electron chi connectivity index (χ1n) is 4.79. The quantitative estimate of drug-likeness (QED) is 0.454. The molecule has 0 saturated carbocycles. The number of aromatic hydroxyl groups is 1. The smallest absolute Gasteiger partial charge is 0.161 e. The number of phenolic OH excluding ortho intramolecular Hbond substituents is 1. The van der Waals surface area contributed by atoms with Gasteiger partial charge in [-0.3, -0.25) is 0 Å². The van der Waals surface area contributed by atoms with Crippen molar-refractivity contribution in [3.63, 3.8) is 0 Å². The lowest BCUT2D eigenvalue weighted by Gasteiger charge is -2.07. The van der Waals surface area contributed by atoms with Gasteiger partial charge < -0.3 is 15.1 Å². The van der Waals surface area contributed by atoms with Crippen LogP contribution in [0.25, 0.3) is 0 Å². The van der Waals surface area contributed by atoms with Crippen molar-refractivity contribution in [1.82, 2.24) is 0 Å². The van der Waals surface area contributed by atoms with Crippen LogP contribution in [0.5, 0.6) is 11.5 Å². The number of rotatable bonds is 4. The van der Waals surface area contributed by atoms with E-state index in [4.69, 9.17) is 9.94 Å². The van der Waals surface area contributed by atoms with Crippen molar-refractivity contribution in [3.8, 4) is 11.5 Å². The normalized spacial score (nSPS) is 11.5. The monoisotopic (exact) mass is 209 g/mol. The van der Waals surface area contributed by atoms with E-state index < -0.39 is 0 Å². The van der Waals surface area contributed by atoms with E-state index in [0.29, 0.717) is 24.5 Å². The Morgan fingerprint density at radius 2 is 2.20 bits per heavy atom. The van der Waals surface area contributed by atoms with Crippen molar-refractivity contribution in [1.29, 1.82) is 0 Å². The van der Waals surface area contributed by atoms with Crippen molar-refractivity contribution >= 4 is 5.71 Å². The van der Waals surface area contributed by atoms with Crippen molar-refractivity contribution in [2.75, 3.05) is 6.61 Å². The van der Waals surface area contributed by atoms with Gasteiger partial charge >= 0.3 is 0 Å². The van der Waals surface area contributed by atoms with Gasteiger partial charge in [-0.1, -0.05) is 11.2 Å². The lowest BCUT2D eigenvalue weighted by molar-refractivity contribution is 0.316. The van der Waals surface area contributed by atoms with Crippen LogP contribution >= 0.6 is 0 Å². The van der Waals surface area contributed by atoms with Crippen LogP contribution in [-0.2, 0) is 6.42 Å². The molecule has 0 radical (unpaired) electrons.